The van der Waals surface area contributed by atoms with E-state index < -0.39 is 0 Å². The molecule has 3 aromatic rings. The molecule has 174 valence electrons. The number of nitrogens with one attached hydrogen (secondary N) is 1. The van der Waals surface area contributed by atoms with Crippen molar-refractivity contribution in [1.29, 1.82) is 0 Å². The van der Waals surface area contributed by atoms with Crippen LogP contribution in [0.15, 0.2) is 60.8 Å². The van der Waals surface area contributed by atoms with Crippen LogP contribution in [0.25, 0.3) is 11.1 Å². The molecular weight excluding hydrogens is 428 g/mol. The van der Waals surface area contributed by atoms with E-state index in [1.165, 1.54) is 0 Å². The molecule has 1 aliphatic heterocycles. The highest BCUT2D eigenvalue weighted by atomic mass is 16.5. The van der Waals surface area contributed by atoms with E-state index in [2.05, 4.69) is 10.3 Å². The fourth-order valence-electron chi connectivity index (χ4n) is 4.26. The Hall–Kier alpha value is -3.87. The highest BCUT2D eigenvalue weighted by Crippen LogP contribution is 2.28. The summed E-state index contributed by atoms with van der Waals surface area (Å²) in [5.74, 6) is 1.36. The summed E-state index contributed by atoms with van der Waals surface area (Å²) in [7, 11) is 1.64. The zero-order valence-corrected chi connectivity index (χ0v) is 19.5. The largest absolute Gasteiger partial charge is 0.496 e. The summed E-state index contributed by atoms with van der Waals surface area (Å²) in [5.41, 5.74) is 4.58. The van der Waals surface area contributed by atoms with Crippen molar-refractivity contribution in [2.45, 2.75) is 32.4 Å². The summed E-state index contributed by atoms with van der Waals surface area (Å²) in [6.07, 6.45) is 3.89. The van der Waals surface area contributed by atoms with E-state index in [9.17, 15) is 9.59 Å². The molecule has 2 aromatic carbocycles. The number of methoxy groups -OCH3 is 1. The van der Waals surface area contributed by atoms with Crippen molar-refractivity contribution >= 4 is 17.8 Å². The number of benzene rings is 2. The van der Waals surface area contributed by atoms with Crippen molar-refractivity contribution in [1.82, 2.24) is 15.2 Å². The van der Waals surface area contributed by atoms with Crippen LogP contribution in [0.2, 0.25) is 0 Å². The van der Waals surface area contributed by atoms with Crippen LogP contribution in [0.3, 0.4) is 0 Å². The highest BCUT2D eigenvalue weighted by Gasteiger charge is 2.31. The maximum Gasteiger partial charge on any atom is 0.326 e. The first kappa shape index (κ1) is 21.9. The van der Waals surface area contributed by atoms with Gasteiger partial charge >= 0.3 is 6.03 Å². The first-order valence-corrected chi connectivity index (χ1v) is 11.6. The summed E-state index contributed by atoms with van der Waals surface area (Å²) in [6, 6.07) is 17.6. The fraction of sp³-hybridized carbons (Fsp3) is 0.296. The van der Waals surface area contributed by atoms with E-state index in [1.807, 2.05) is 61.5 Å². The van der Waals surface area contributed by atoms with E-state index in [0.29, 0.717) is 37.1 Å². The Morgan fingerprint density at radius 2 is 1.94 bits per heavy atom. The van der Waals surface area contributed by atoms with Crippen LogP contribution in [0, 0.1) is 6.92 Å². The minimum absolute atomic E-state index is 0.0360. The standard InChI is InChI=1S/C27H28N4O3/c1-18-7-8-19(26(32)29-22-10-11-22)15-23(18)20-9-12-25(28-16-20)31-14-13-30(27(31)33)17-21-5-3-4-6-24(21)34-2/h3-9,12,15-16,22H,10-11,13-14,17H2,1-2H3,(H,29,32). The number of aromatic nitrogens is 1. The van der Waals surface area contributed by atoms with Crippen molar-refractivity contribution in [2.24, 2.45) is 0 Å². The Morgan fingerprint density at radius 1 is 1.12 bits per heavy atom. The van der Waals surface area contributed by atoms with Crippen LogP contribution in [0.4, 0.5) is 10.6 Å². The van der Waals surface area contributed by atoms with Crippen molar-refractivity contribution in [2.75, 3.05) is 25.1 Å². The molecule has 2 heterocycles. The molecule has 7 nitrogen and oxygen atoms in total. The lowest BCUT2D eigenvalue weighted by Crippen LogP contribution is -2.32. The molecule has 34 heavy (non-hydrogen) atoms. The number of hydrogen-bond donors (Lipinski definition) is 1. The van der Waals surface area contributed by atoms with Gasteiger partial charge in [-0.25, -0.2) is 9.78 Å². The average Bonchev–Trinajstić information content (AvgIpc) is 3.61. The van der Waals surface area contributed by atoms with Crippen molar-refractivity contribution in [3.05, 3.63) is 77.5 Å². The van der Waals surface area contributed by atoms with Gasteiger partial charge in [-0.05, 0) is 61.2 Å². The lowest BCUT2D eigenvalue weighted by Gasteiger charge is -2.19. The van der Waals surface area contributed by atoms with Gasteiger partial charge in [-0.2, -0.15) is 0 Å². The number of pyridine rings is 1. The van der Waals surface area contributed by atoms with Crippen LogP contribution in [-0.2, 0) is 6.54 Å². The summed E-state index contributed by atoms with van der Waals surface area (Å²) in [4.78, 5) is 33.6. The molecular formula is C27H28N4O3. The van der Waals surface area contributed by atoms with Crippen molar-refractivity contribution < 1.29 is 14.3 Å². The molecule has 5 rings (SSSR count). The lowest BCUT2D eigenvalue weighted by molar-refractivity contribution is 0.0951. The van der Waals surface area contributed by atoms with Gasteiger partial charge in [-0.3, -0.25) is 9.69 Å². The van der Waals surface area contributed by atoms with E-state index >= 15 is 0 Å². The molecule has 0 spiro atoms. The summed E-state index contributed by atoms with van der Waals surface area (Å²) in [6.45, 7) is 3.71. The van der Waals surface area contributed by atoms with Gasteiger partial charge in [0.25, 0.3) is 5.91 Å². The third kappa shape index (κ3) is 4.46. The molecule has 1 saturated carbocycles. The summed E-state index contributed by atoms with van der Waals surface area (Å²) in [5, 5.41) is 3.04. The molecule has 0 unspecified atom stereocenters. The van der Waals surface area contributed by atoms with E-state index in [4.69, 9.17) is 4.74 Å². The quantitative estimate of drug-likeness (QED) is 0.572. The molecule has 0 atom stereocenters. The zero-order chi connectivity index (χ0) is 23.7. The van der Waals surface area contributed by atoms with Gasteiger partial charge in [0.05, 0.1) is 13.7 Å². The highest BCUT2D eigenvalue weighted by molar-refractivity contribution is 5.96. The minimum atomic E-state index is -0.0684. The van der Waals surface area contributed by atoms with E-state index in [1.54, 1.807) is 23.1 Å². The molecule has 1 aliphatic carbocycles. The number of amides is 3. The summed E-state index contributed by atoms with van der Waals surface area (Å²) < 4.78 is 5.42. The predicted molar refractivity (Wildman–Crippen MR) is 131 cm³/mol. The molecule has 0 bridgehead atoms. The smallest absolute Gasteiger partial charge is 0.326 e. The minimum Gasteiger partial charge on any atom is -0.496 e. The van der Waals surface area contributed by atoms with Gasteiger partial charge in [-0.1, -0.05) is 24.3 Å². The zero-order valence-electron chi connectivity index (χ0n) is 19.5. The molecule has 7 heteroatoms. The van der Waals surface area contributed by atoms with Gasteiger partial charge < -0.3 is 15.0 Å². The fourth-order valence-corrected chi connectivity index (χ4v) is 4.26. The maximum absolute atomic E-state index is 13.1. The Morgan fingerprint density at radius 3 is 2.68 bits per heavy atom. The van der Waals surface area contributed by atoms with Gasteiger partial charge in [0.15, 0.2) is 0 Å². The first-order valence-electron chi connectivity index (χ1n) is 11.6. The van der Waals surface area contributed by atoms with E-state index in [-0.39, 0.29) is 11.9 Å². The van der Waals surface area contributed by atoms with Crippen LogP contribution in [0.1, 0.15) is 34.3 Å². The van der Waals surface area contributed by atoms with Gasteiger partial charge in [0.1, 0.15) is 11.6 Å². The number of ether oxygens (including phenoxy) is 1. The second-order valence-electron chi connectivity index (χ2n) is 8.85. The SMILES string of the molecule is COc1ccccc1CN1CCN(c2ccc(-c3cc(C(=O)NC4CC4)ccc3C)cn2)C1=O. The second kappa shape index (κ2) is 9.17. The van der Waals surface area contributed by atoms with Gasteiger partial charge in [0.2, 0.25) is 0 Å². The van der Waals surface area contributed by atoms with Crippen LogP contribution >= 0.6 is 0 Å². The number of urea groups is 1. The molecule has 0 radical (unpaired) electrons. The first-order chi connectivity index (χ1) is 16.5. The third-order valence-electron chi connectivity index (χ3n) is 6.40. The second-order valence-corrected chi connectivity index (χ2v) is 8.85. The molecule has 2 fully saturated rings. The van der Waals surface area contributed by atoms with Gasteiger partial charge in [-0.15, -0.1) is 0 Å². The Labute approximate surface area is 199 Å². The van der Waals surface area contributed by atoms with Crippen LogP contribution < -0.4 is 15.0 Å². The van der Waals surface area contributed by atoms with E-state index in [0.717, 1.165) is 40.8 Å². The van der Waals surface area contributed by atoms with Gasteiger partial charge in [0, 0.05) is 42.0 Å². The Balaban J connectivity index is 1.31. The average molecular weight is 457 g/mol. The number of anilines is 1. The lowest BCUT2D eigenvalue weighted by atomic mass is 9.99. The number of hydrogen-bond acceptors (Lipinski definition) is 4. The monoisotopic (exact) mass is 456 g/mol. The third-order valence-corrected chi connectivity index (χ3v) is 6.40. The normalized spacial score (nSPS) is 15.5. The summed E-state index contributed by atoms with van der Waals surface area (Å²) >= 11 is 0. The van der Waals surface area contributed by atoms with Crippen LogP contribution in [0.5, 0.6) is 5.75 Å². The van der Waals surface area contributed by atoms with Crippen molar-refractivity contribution in [3.63, 3.8) is 0 Å². The maximum atomic E-state index is 13.1. The molecule has 3 amide bonds. The van der Waals surface area contributed by atoms with Crippen molar-refractivity contribution in [3.8, 4) is 16.9 Å². The van der Waals surface area contributed by atoms with Crippen LogP contribution in [-0.4, -0.2) is 48.1 Å². The Bertz CT molecular complexity index is 1220. The molecule has 1 N–H and O–H groups in total. The number of nitrogens with zero attached hydrogens (tertiary/aromatic N) is 3. The number of aryl methyl sites for hydroxylation is 1. The molecule has 1 aromatic heterocycles. The number of carbonyl (C=O) groups is 2. The number of para-hydroxylation sites is 1. The topological polar surface area (TPSA) is 74.8 Å². The number of rotatable bonds is 7. The Kier molecular flexibility index (Phi) is 5.92. The molecule has 1 saturated heterocycles. The predicted octanol–water partition coefficient (Wildman–Crippen LogP) is 4.40. The number of carbonyl (C=O) groups excluding carboxylic acids is 2. The molecule has 2 aliphatic rings.